The molecule has 1 amide bonds. The Balaban J connectivity index is 1.50. The number of fused-ring (bicyclic) bond motifs is 1. The molecule has 7 nitrogen and oxygen atoms in total. The largest absolute Gasteiger partial charge is 0.368 e. The molecule has 0 atom stereocenters. The highest BCUT2D eigenvalue weighted by Gasteiger charge is 2.07. The number of carbonyl (C=O) groups excluding carboxylic acids is 1. The molecule has 0 spiro atoms. The highest BCUT2D eigenvalue weighted by Crippen LogP contribution is 2.17. The van der Waals surface area contributed by atoms with Crippen molar-refractivity contribution in [3.8, 4) is 0 Å². The third kappa shape index (κ3) is 4.30. The first-order valence-corrected chi connectivity index (χ1v) is 8.44. The minimum atomic E-state index is -0.347. The van der Waals surface area contributed by atoms with Gasteiger partial charge < -0.3 is 10.6 Å². The number of hydrogen-bond acceptors (Lipinski definition) is 5. The highest BCUT2D eigenvalue weighted by atomic mass is 79.9. The van der Waals surface area contributed by atoms with E-state index >= 15 is 0 Å². The number of amides is 1. The van der Waals surface area contributed by atoms with Gasteiger partial charge in [-0.15, -0.1) is 0 Å². The molecule has 9 heteroatoms. The summed E-state index contributed by atoms with van der Waals surface area (Å²) in [5, 5.41) is 10.1. The molecule has 0 unspecified atom stereocenters. The SMILES string of the molecule is Cc1cc(NCCNC(=O)Cc2ccc(F)c(Br)c2)n2ncnc2n1. The van der Waals surface area contributed by atoms with Crippen LogP contribution in [0.3, 0.4) is 0 Å². The van der Waals surface area contributed by atoms with Gasteiger partial charge in [-0.05, 0) is 40.5 Å². The van der Waals surface area contributed by atoms with Crippen LogP contribution in [0.4, 0.5) is 10.2 Å². The molecule has 0 aliphatic heterocycles. The molecule has 0 aliphatic rings. The molecule has 1 aromatic carbocycles. The Morgan fingerprint density at radius 3 is 2.96 bits per heavy atom. The molecular formula is C16H16BrFN6O. The summed E-state index contributed by atoms with van der Waals surface area (Å²) in [5.74, 6) is 0.808. The molecule has 2 heterocycles. The van der Waals surface area contributed by atoms with Crippen molar-refractivity contribution < 1.29 is 9.18 Å². The van der Waals surface area contributed by atoms with E-state index in [9.17, 15) is 9.18 Å². The minimum Gasteiger partial charge on any atom is -0.368 e. The third-order valence-corrected chi connectivity index (χ3v) is 4.09. The second kappa shape index (κ2) is 7.56. The van der Waals surface area contributed by atoms with Crippen LogP contribution in [0.1, 0.15) is 11.3 Å². The number of anilines is 1. The van der Waals surface area contributed by atoms with Gasteiger partial charge in [0.25, 0.3) is 5.78 Å². The van der Waals surface area contributed by atoms with Crippen LogP contribution in [0, 0.1) is 12.7 Å². The van der Waals surface area contributed by atoms with Crippen LogP contribution in [-0.4, -0.2) is 38.6 Å². The molecule has 3 rings (SSSR count). The summed E-state index contributed by atoms with van der Waals surface area (Å²) in [7, 11) is 0. The van der Waals surface area contributed by atoms with Gasteiger partial charge >= 0.3 is 0 Å². The average Bonchev–Trinajstić information content (AvgIpc) is 3.03. The molecule has 0 fully saturated rings. The summed E-state index contributed by atoms with van der Waals surface area (Å²) >= 11 is 3.11. The van der Waals surface area contributed by atoms with Gasteiger partial charge in [0.1, 0.15) is 18.0 Å². The summed E-state index contributed by atoms with van der Waals surface area (Å²) in [5.41, 5.74) is 1.57. The maximum absolute atomic E-state index is 13.2. The zero-order valence-electron chi connectivity index (χ0n) is 13.5. The number of nitrogens with zero attached hydrogens (tertiary/aromatic N) is 4. The van der Waals surface area contributed by atoms with E-state index in [0.717, 1.165) is 17.1 Å². The fourth-order valence-electron chi connectivity index (χ4n) is 2.35. The van der Waals surface area contributed by atoms with Crippen molar-refractivity contribution in [2.75, 3.05) is 18.4 Å². The van der Waals surface area contributed by atoms with Crippen molar-refractivity contribution in [1.82, 2.24) is 24.9 Å². The molecular weight excluding hydrogens is 391 g/mol. The van der Waals surface area contributed by atoms with E-state index < -0.39 is 0 Å². The molecule has 2 aromatic heterocycles. The summed E-state index contributed by atoms with van der Waals surface area (Å²) in [6, 6.07) is 6.40. The molecule has 0 saturated carbocycles. The van der Waals surface area contributed by atoms with Gasteiger partial charge in [-0.25, -0.2) is 9.37 Å². The zero-order chi connectivity index (χ0) is 17.8. The number of nitrogens with one attached hydrogen (secondary N) is 2. The summed E-state index contributed by atoms with van der Waals surface area (Å²) in [6.07, 6.45) is 1.64. The predicted octanol–water partition coefficient (Wildman–Crippen LogP) is 2.11. The topological polar surface area (TPSA) is 84.2 Å². The van der Waals surface area contributed by atoms with Gasteiger partial charge in [-0.1, -0.05) is 6.07 Å². The average molecular weight is 407 g/mol. The van der Waals surface area contributed by atoms with Gasteiger partial charge in [0.05, 0.1) is 10.9 Å². The van der Waals surface area contributed by atoms with E-state index in [0.29, 0.717) is 23.3 Å². The van der Waals surface area contributed by atoms with Gasteiger partial charge in [0.15, 0.2) is 0 Å². The second-order valence-electron chi connectivity index (χ2n) is 5.46. The Bertz CT molecular complexity index is 913. The molecule has 2 N–H and O–H groups in total. The first-order valence-electron chi connectivity index (χ1n) is 7.65. The third-order valence-electron chi connectivity index (χ3n) is 3.48. The van der Waals surface area contributed by atoms with E-state index in [-0.39, 0.29) is 18.1 Å². The van der Waals surface area contributed by atoms with Gasteiger partial charge in [-0.2, -0.15) is 14.6 Å². The predicted molar refractivity (Wildman–Crippen MR) is 94.8 cm³/mol. The molecule has 3 aromatic rings. The van der Waals surface area contributed by atoms with Crippen LogP contribution in [0.2, 0.25) is 0 Å². The van der Waals surface area contributed by atoms with Crippen molar-refractivity contribution in [3.05, 3.63) is 52.1 Å². The normalized spacial score (nSPS) is 10.8. The molecule has 0 bridgehead atoms. The summed E-state index contributed by atoms with van der Waals surface area (Å²) < 4.78 is 15.1. The fraction of sp³-hybridized carbons (Fsp3) is 0.250. The molecule has 0 aliphatic carbocycles. The lowest BCUT2D eigenvalue weighted by Crippen LogP contribution is -2.30. The molecule has 25 heavy (non-hydrogen) atoms. The molecule has 130 valence electrons. The quantitative estimate of drug-likeness (QED) is 0.612. The van der Waals surface area contributed by atoms with E-state index in [1.54, 1.807) is 16.6 Å². The van der Waals surface area contributed by atoms with Crippen molar-refractivity contribution >= 4 is 33.4 Å². The molecule has 0 saturated heterocycles. The summed E-state index contributed by atoms with van der Waals surface area (Å²) in [6.45, 7) is 2.85. The van der Waals surface area contributed by atoms with Gasteiger partial charge in [0.2, 0.25) is 5.91 Å². The lowest BCUT2D eigenvalue weighted by Gasteiger charge is -2.10. The fourth-order valence-corrected chi connectivity index (χ4v) is 2.77. The van der Waals surface area contributed by atoms with E-state index in [1.807, 2.05) is 13.0 Å². The van der Waals surface area contributed by atoms with Crippen molar-refractivity contribution in [1.29, 1.82) is 0 Å². The Morgan fingerprint density at radius 2 is 2.16 bits per heavy atom. The van der Waals surface area contributed by atoms with Gasteiger partial charge in [0, 0.05) is 24.8 Å². The van der Waals surface area contributed by atoms with Crippen LogP contribution >= 0.6 is 15.9 Å². The lowest BCUT2D eigenvalue weighted by molar-refractivity contribution is -0.120. The van der Waals surface area contributed by atoms with Crippen molar-refractivity contribution in [3.63, 3.8) is 0 Å². The van der Waals surface area contributed by atoms with Crippen LogP contribution in [0.25, 0.3) is 5.78 Å². The van der Waals surface area contributed by atoms with Crippen molar-refractivity contribution in [2.24, 2.45) is 0 Å². The lowest BCUT2D eigenvalue weighted by atomic mass is 10.1. The zero-order valence-corrected chi connectivity index (χ0v) is 15.0. The minimum absolute atomic E-state index is 0.128. The molecule has 0 radical (unpaired) electrons. The van der Waals surface area contributed by atoms with Crippen LogP contribution in [0.15, 0.2) is 35.1 Å². The Hall–Kier alpha value is -2.55. The van der Waals surface area contributed by atoms with E-state index in [1.165, 1.54) is 12.4 Å². The van der Waals surface area contributed by atoms with Crippen molar-refractivity contribution in [2.45, 2.75) is 13.3 Å². The number of aromatic nitrogens is 4. The number of rotatable bonds is 6. The Morgan fingerprint density at radius 1 is 1.32 bits per heavy atom. The van der Waals surface area contributed by atoms with E-state index in [4.69, 9.17) is 0 Å². The standard InChI is InChI=1S/C16H16BrFN6O/c1-10-6-14(24-16(23-10)21-9-22-24)19-4-5-20-15(25)8-11-2-3-13(18)12(17)7-11/h2-3,6-7,9,19H,4-5,8H2,1H3,(H,20,25). The number of aryl methyl sites for hydroxylation is 1. The van der Waals surface area contributed by atoms with Crippen LogP contribution < -0.4 is 10.6 Å². The summed E-state index contributed by atoms with van der Waals surface area (Å²) in [4.78, 5) is 20.3. The van der Waals surface area contributed by atoms with Gasteiger partial charge in [-0.3, -0.25) is 4.79 Å². The smallest absolute Gasteiger partial charge is 0.254 e. The number of benzene rings is 1. The second-order valence-corrected chi connectivity index (χ2v) is 6.31. The Labute approximate surface area is 151 Å². The van der Waals surface area contributed by atoms with Crippen LogP contribution in [-0.2, 0) is 11.2 Å². The highest BCUT2D eigenvalue weighted by molar-refractivity contribution is 9.10. The number of hydrogen-bond donors (Lipinski definition) is 2. The first kappa shape index (κ1) is 17.3. The maximum Gasteiger partial charge on any atom is 0.254 e. The number of halogens is 2. The first-order chi connectivity index (χ1) is 12.0. The van der Waals surface area contributed by atoms with Crippen LogP contribution in [0.5, 0.6) is 0 Å². The van der Waals surface area contributed by atoms with E-state index in [2.05, 4.69) is 41.6 Å². The monoisotopic (exact) mass is 406 g/mol. The maximum atomic E-state index is 13.2. The Kier molecular flexibility index (Phi) is 5.22. The number of carbonyl (C=O) groups is 1.